The molecule has 7 heteroatoms. The van der Waals surface area contributed by atoms with Gasteiger partial charge in [-0.1, -0.05) is 48.5 Å². The number of nitrogens with zero attached hydrogens (tertiary/aromatic N) is 1. The molecule has 0 saturated heterocycles. The van der Waals surface area contributed by atoms with E-state index in [9.17, 15) is 9.59 Å². The van der Waals surface area contributed by atoms with Crippen LogP contribution in [0.2, 0.25) is 0 Å². The highest BCUT2D eigenvalue weighted by Gasteiger charge is 2.17. The highest BCUT2D eigenvalue weighted by atomic mass is 16.2. The van der Waals surface area contributed by atoms with Gasteiger partial charge in [-0.25, -0.2) is 4.79 Å². The number of fused-ring (bicyclic) bond motifs is 1. The molecule has 3 amide bonds. The van der Waals surface area contributed by atoms with Crippen LogP contribution in [0.15, 0.2) is 72.8 Å². The largest absolute Gasteiger partial charge is 0.366 e. The number of carbonyl (C=O) groups is 2. The number of H-pyrrole nitrogens is 1. The molecule has 0 spiro atoms. The van der Waals surface area contributed by atoms with Crippen LogP contribution in [-0.2, 0) is 6.54 Å². The average Bonchev–Trinajstić information content (AvgIpc) is 3.17. The molecule has 0 atom stereocenters. The van der Waals surface area contributed by atoms with Crippen molar-refractivity contribution in [1.82, 2.24) is 15.5 Å². The van der Waals surface area contributed by atoms with Crippen LogP contribution in [0, 0.1) is 0 Å². The van der Waals surface area contributed by atoms with Crippen LogP contribution in [0.5, 0.6) is 0 Å². The zero-order valence-electron chi connectivity index (χ0n) is 15.5. The molecular weight excluding hydrogens is 366 g/mol. The lowest BCUT2D eigenvalue weighted by Crippen LogP contribution is -2.28. The predicted molar refractivity (Wildman–Crippen MR) is 112 cm³/mol. The number of nitrogens with one attached hydrogen (secondary N) is 3. The second kappa shape index (κ2) is 7.85. The summed E-state index contributed by atoms with van der Waals surface area (Å²) in [4.78, 5) is 24.1. The van der Waals surface area contributed by atoms with E-state index < -0.39 is 5.91 Å². The number of rotatable bonds is 5. The Morgan fingerprint density at radius 1 is 0.931 bits per heavy atom. The Hall–Kier alpha value is -4.13. The fourth-order valence-electron chi connectivity index (χ4n) is 3.25. The number of primary amides is 1. The number of aromatic amines is 1. The number of benzene rings is 3. The number of para-hydroxylation sites is 1. The SMILES string of the molecule is NC(=O)c1cccc2[nH]nc(-c3ccccc3CNC(=O)Nc3ccccc3)c12. The van der Waals surface area contributed by atoms with Crippen LogP contribution in [0.1, 0.15) is 15.9 Å². The number of carbonyl (C=O) groups excluding carboxylic acids is 2. The molecule has 1 heterocycles. The van der Waals surface area contributed by atoms with Crippen LogP contribution in [0.4, 0.5) is 10.5 Å². The van der Waals surface area contributed by atoms with Crippen molar-refractivity contribution in [3.63, 3.8) is 0 Å². The molecule has 7 nitrogen and oxygen atoms in total. The first-order chi connectivity index (χ1) is 14.1. The Morgan fingerprint density at radius 3 is 2.48 bits per heavy atom. The van der Waals surface area contributed by atoms with Crippen molar-refractivity contribution >= 4 is 28.5 Å². The van der Waals surface area contributed by atoms with Gasteiger partial charge in [-0.3, -0.25) is 9.89 Å². The van der Waals surface area contributed by atoms with Gasteiger partial charge < -0.3 is 16.4 Å². The first kappa shape index (κ1) is 18.2. The van der Waals surface area contributed by atoms with Crippen molar-refractivity contribution in [3.05, 3.63) is 83.9 Å². The van der Waals surface area contributed by atoms with Crippen molar-refractivity contribution in [1.29, 1.82) is 0 Å². The van der Waals surface area contributed by atoms with E-state index in [1.54, 1.807) is 12.1 Å². The molecule has 4 aromatic rings. The number of nitrogens with two attached hydrogens (primary N) is 1. The van der Waals surface area contributed by atoms with E-state index in [0.717, 1.165) is 16.6 Å². The minimum atomic E-state index is -0.518. The van der Waals surface area contributed by atoms with Crippen molar-refractivity contribution in [2.24, 2.45) is 5.73 Å². The lowest BCUT2D eigenvalue weighted by molar-refractivity contribution is 0.100. The summed E-state index contributed by atoms with van der Waals surface area (Å²) in [6, 6.07) is 21.8. The maximum Gasteiger partial charge on any atom is 0.319 e. The molecule has 0 bridgehead atoms. The monoisotopic (exact) mass is 385 g/mol. The van der Waals surface area contributed by atoms with Gasteiger partial charge in [-0.2, -0.15) is 5.10 Å². The average molecular weight is 385 g/mol. The predicted octanol–water partition coefficient (Wildman–Crippen LogP) is 3.65. The van der Waals surface area contributed by atoms with Crippen molar-refractivity contribution in [2.45, 2.75) is 6.54 Å². The van der Waals surface area contributed by atoms with E-state index in [1.807, 2.05) is 60.7 Å². The molecule has 0 aliphatic heterocycles. The maximum absolute atomic E-state index is 12.2. The van der Waals surface area contributed by atoms with Gasteiger partial charge in [0, 0.05) is 23.2 Å². The Labute approximate surface area is 166 Å². The molecule has 3 aromatic carbocycles. The summed E-state index contributed by atoms with van der Waals surface area (Å²) in [7, 11) is 0. The molecular formula is C22H19N5O2. The van der Waals surface area contributed by atoms with E-state index >= 15 is 0 Å². The smallest absolute Gasteiger partial charge is 0.319 e. The number of hydrogen-bond donors (Lipinski definition) is 4. The van der Waals surface area contributed by atoms with Crippen LogP contribution >= 0.6 is 0 Å². The van der Waals surface area contributed by atoms with Gasteiger partial charge in [0.05, 0.1) is 11.1 Å². The molecule has 0 saturated carbocycles. The lowest BCUT2D eigenvalue weighted by atomic mass is 9.99. The molecule has 0 unspecified atom stereocenters. The zero-order valence-corrected chi connectivity index (χ0v) is 15.5. The van der Waals surface area contributed by atoms with E-state index in [0.29, 0.717) is 28.9 Å². The molecule has 0 aliphatic carbocycles. The molecule has 5 N–H and O–H groups in total. The van der Waals surface area contributed by atoms with E-state index in [4.69, 9.17) is 5.73 Å². The normalized spacial score (nSPS) is 10.6. The molecule has 1 aromatic heterocycles. The van der Waals surface area contributed by atoms with Crippen molar-refractivity contribution < 1.29 is 9.59 Å². The fourth-order valence-corrected chi connectivity index (χ4v) is 3.25. The molecule has 0 fully saturated rings. The first-order valence-electron chi connectivity index (χ1n) is 9.08. The second-order valence-corrected chi connectivity index (χ2v) is 6.50. The Kier molecular flexibility index (Phi) is 4.94. The minimum Gasteiger partial charge on any atom is -0.366 e. The summed E-state index contributed by atoms with van der Waals surface area (Å²) in [5, 5.41) is 13.7. The highest BCUT2D eigenvalue weighted by molar-refractivity contribution is 6.10. The minimum absolute atomic E-state index is 0.294. The molecule has 0 radical (unpaired) electrons. The number of aromatic nitrogens is 2. The third kappa shape index (κ3) is 3.79. The van der Waals surface area contributed by atoms with Crippen molar-refractivity contribution in [2.75, 3.05) is 5.32 Å². The number of amides is 3. The van der Waals surface area contributed by atoms with Gasteiger partial charge in [-0.05, 0) is 29.8 Å². The summed E-state index contributed by atoms with van der Waals surface area (Å²) in [5.74, 6) is -0.518. The van der Waals surface area contributed by atoms with Gasteiger partial charge >= 0.3 is 6.03 Å². The first-order valence-corrected chi connectivity index (χ1v) is 9.08. The Morgan fingerprint density at radius 2 is 1.69 bits per heavy atom. The van der Waals surface area contributed by atoms with Crippen LogP contribution in [0.25, 0.3) is 22.2 Å². The molecule has 4 rings (SSSR count). The van der Waals surface area contributed by atoms with E-state index in [-0.39, 0.29) is 6.03 Å². The van der Waals surface area contributed by atoms with Crippen LogP contribution in [-0.4, -0.2) is 22.1 Å². The fraction of sp³-hybridized carbons (Fsp3) is 0.0455. The van der Waals surface area contributed by atoms with E-state index in [2.05, 4.69) is 20.8 Å². The van der Waals surface area contributed by atoms with Gasteiger partial charge in [0.1, 0.15) is 5.69 Å². The second-order valence-electron chi connectivity index (χ2n) is 6.50. The topological polar surface area (TPSA) is 113 Å². The maximum atomic E-state index is 12.2. The van der Waals surface area contributed by atoms with Crippen LogP contribution in [0.3, 0.4) is 0 Å². The van der Waals surface area contributed by atoms with E-state index in [1.165, 1.54) is 0 Å². The van der Waals surface area contributed by atoms with Crippen LogP contribution < -0.4 is 16.4 Å². The summed E-state index contributed by atoms with van der Waals surface area (Å²) >= 11 is 0. The number of hydrogen-bond acceptors (Lipinski definition) is 3. The van der Waals surface area contributed by atoms with Gasteiger partial charge in [0.15, 0.2) is 0 Å². The number of urea groups is 1. The standard InChI is InChI=1S/C22H19N5O2/c23-21(28)17-11-6-12-18-19(17)20(27-26-18)16-10-5-4-7-14(16)13-24-22(29)25-15-8-2-1-3-9-15/h1-12H,13H2,(H2,23,28)(H,26,27)(H2,24,25,29). The third-order valence-electron chi connectivity index (χ3n) is 4.60. The molecule has 144 valence electrons. The third-order valence-corrected chi connectivity index (χ3v) is 4.60. The summed E-state index contributed by atoms with van der Waals surface area (Å²) in [6.07, 6.45) is 0. The highest BCUT2D eigenvalue weighted by Crippen LogP contribution is 2.31. The lowest BCUT2D eigenvalue weighted by Gasteiger charge is -2.11. The quantitative estimate of drug-likeness (QED) is 0.420. The Bertz CT molecular complexity index is 1180. The summed E-state index contributed by atoms with van der Waals surface area (Å²) in [5.41, 5.74) is 9.68. The number of anilines is 1. The van der Waals surface area contributed by atoms with Gasteiger partial charge in [-0.15, -0.1) is 0 Å². The van der Waals surface area contributed by atoms with Crippen molar-refractivity contribution in [3.8, 4) is 11.3 Å². The zero-order chi connectivity index (χ0) is 20.2. The molecule has 29 heavy (non-hydrogen) atoms. The Balaban J connectivity index is 1.62. The van der Waals surface area contributed by atoms with Gasteiger partial charge in [0.2, 0.25) is 5.91 Å². The van der Waals surface area contributed by atoms with Gasteiger partial charge in [0.25, 0.3) is 0 Å². The summed E-state index contributed by atoms with van der Waals surface area (Å²) < 4.78 is 0. The summed E-state index contributed by atoms with van der Waals surface area (Å²) in [6.45, 7) is 0.294. The molecule has 0 aliphatic rings.